The average molecular weight is 366 g/mol. The quantitative estimate of drug-likeness (QED) is 0.644. The fourth-order valence-electron chi connectivity index (χ4n) is 2.54. The minimum absolute atomic E-state index is 0.0767. The van der Waals surface area contributed by atoms with E-state index in [4.69, 9.17) is 11.6 Å². The molecular formula is C21H20ClN3O. The van der Waals surface area contributed by atoms with E-state index in [2.05, 4.69) is 15.6 Å². The number of pyridine rings is 1. The summed E-state index contributed by atoms with van der Waals surface area (Å²) in [6.07, 6.45) is 2.95. The van der Waals surface area contributed by atoms with Gasteiger partial charge < -0.3 is 10.6 Å². The van der Waals surface area contributed by atoms with Crippen molar-refractivity contribution in [3.8, 4) is 0 Å². The van der Waals surface area contributed by atoms with Crippen LogP contribution in [0.1, 0.15) is 11.1 Å². The van der Waals surface area contributed by atoms with Gasteiger partial charge in [-0.1, -0.05) is 54.1 Å². The first-order valence-electron chi connectivity index (χ1n) is 8.47. The zero-order valence-electron chi connectivity index (χ0n) is 14.3. The van der Waals surface area contributed by atoms with Gasteiger partial charge in [-0.3, -0.25) is 4.79 Å². The number of carbonyl (C=O) groups is 1. The van der Waals surface area contributed by atoms with Gasteiger partial charge in [-0.2, -0.15) is 0 Å². The Morgan fingerprint density at radius 2 is 1.69 bits per heavy atom. The lowest BCUT2D eigenvalue weighted by atomic mass is 10.1. The number of anilines is 2. The van der Waals surface area contributed by atoms with Crippen LogP contribution in [0.2, 0.25) is 5.02 Å². The van der Waals surface area contributed by atoms with Crippen LogP contribution < -0.4 is 10.6 Å². The second-order valence-corrected chi connectivity index (χ2v) is 6.38. The van der Waals surface area contributed by atoms with Gasteiger partial charge in [-0.15, -0.1) is 0 Å². The number of aromatic nitrogens is 1. The van der Waals surface area contributed by atoms with E-state index in [0.29, 0.717) is 12.2 Å². The maximum Gasteiger partial charge on any atom is 0.229 e. The van der Waals surface area contributed by atoms with Crippen LogP contribution in [0.5, 0.6) is 0 Å². The van der Waals surface area contributed by atoms with E-state index in [-0.39, 0.29) is 5.91 Å². The minimum Gasteiger partial charge on any atom is -0.383 e. The van der Waals surface area contributed by atoms with Gasteiger partial charge in [-0.25, -0.2) is 4.98 Å². The van der Waals surface area contributed by atoms with Crippen molar-refractivity contribution in [1.82, 2.24) is 4.98 Å². The lowest BCUT2D eigenvalue weighted by Gasteiger charge is -2.08. The molecule has 0 fully saturated rings. The summed E-state index contributed by atoms with van der Waals surface area (Å²) < 4.78 is 0. The Hall–Kier alpha value is -2.85. The summed E-state index contributed by atoms with van der Waals surface area (Å²) in [6, 6.07) is 21.2. The number of hydrogen-bond donors (Lipinski definition) is 2. The van der Waals surface area contributed by atoms with Crippen LogP contribution in [0.15, 0.2) is 72.9 Å². The highest BCUT2D eigenvalue weighted by molar-refractivity contribution is 6.30. The Morgan fingerprint density at radius 3 is 2.38 bits per heavy atom. The third kappa shape index (κ3) is 5.60. The van der Waals surface area contributed by atoms with Crippen molar-refractivity contribution in [3.63, 3.8) is 0 Å². The Bertz CT molecular complexity index is 833. The lowest BCUT2D eigenvalue weighted by molar-refractivity contribution is -0.115. The number of amides is 1. The SMILES string of the molecule is O=C(Cc1ccccc1)Nc1ccc(NCCc2ccc(Cl)cc2)cn1. The van der Waals surface area contributed by atoms with E-state index >= 15 is 0 Å². The van der Waals surface area contributed by atoms with Gasteiger partial charge in [0.15, 0.2) is 0 Å². The average Bonchev–Trinajstić information content (AvgIpc) is 2.65. The number of benzene rings is 2. The molecule has 0 aliphatic heterocycles. The van der Waals surface area contributed by atoms with Crippen LogP contribution in [0.4, 0.5) is 11.5 Å². The molecule has 0 spiro atoms. The van der Waals surface area contributed by atoms with Gasteiger partial charge in [0.1, 0.15) is 5.82 Å². The fraction of sp³-hybridized carbons (Fsp3) is 0.143. The largest absolute Gasteiger partial charge is 0.383 e. The number of hydrogen-bond acceptors (Lipinski definition) is 3. The van der Waals surface area contributed by atoms with Gasteiger partial charge in [0.25, 0.3) is 0 Å². The van der Waals surface area contributed by atoms with E-state index < -0.39 is 0 Å². The predicted molar refractivity (Wildman–Crippen MR) is 107 cm³/mol. The summed E-state index contributed by atoms with van der Waals surface area (Å²) in [5.41, 5.74) is 3.12. The highest BCUT2D eigenvalue weighted by Crippen LogP contribution is 2.12. The second kappa shape index (κ2) is 9.02. The summed E-state index contributed by atoms with van der Waals surface area (Å²) in [7, 11) is 0. The highest BCUT2D eigenvalue weighted by Gasteiger charge is 2.04. The maximum atomic E-state index is 12.0. The van der Waals surface area contributed by atoms with Crippen molar-refractivity contribution in [2.24, 2.45) is 0 Å². The number of nitrogens with one attached hydrogen (secondary N) is 2. The number of carbonyl (C=O) groups excluding carboxylic acids is 1. The first-order valence-corrected chi connectivity index (χ1v) is 8.85. The summed E-state index contributed by atoms with van der Waals surface area (Å²) in [5, 5.41) is 6.88. The van der Waals surface area contributed by atoms with Crippen molar-refractivity contribution in [2.75, 3.05) is 17.2 Å². The molecule has 0 aliphatic carbocycles. The summed E-state index contributed by atoms with van der Waals surface area (Å²) >= 11 is 5.88. The summed E-state index contributed by atoms with van der Waals surface area (Å²) in [6.45, 7) is 0.795. The smallest absolute Gasteiger partial charge is 0.229 e. The van der Waals surface area contributed by atoms with Crippen LogP contribution in [-0.2, 0) is 17.6 Å². The topological polar surface area (TPSA) is 54.0 Å². The van der Waals surface area contributed by atoms with Crippen molar-refractivity contribution >= 4 is 29.0 Å². The van der Waals surface area contributed by atoms with Gasteiger partial charge >= 0.3 is 0 Å². The summed E-state index contributed by atoms with van der Waals surface area (Å²) in [4.78, 5) is 16.3. The van der Waals surface area contributed by atoms with Crippen molar-refractivity contribution in [1.29, 1.82) is 0 Å². The molecule has 0 atom stereocenters. The second-order valence-electron chi connectivity index (χ2n) is 5.95. The maximum absolute atomic E-state index is 12.0. The van der Waals surface area contributed by atoms with E-state index in [9.17, 15) is 4.79 Å². The molecule has 1 aromatic heterocycles. The molecule has 0 bridgehead atoms. The lowest BCUT2D eigenvalue weighted by Crippen LogP contribution is -2.15. The molecular weight excluding hydrogens is 346 g/mol. The highest BCUT2D eigenvalue weighted by atomic mass is 35.5. The molecule has 26 heavy (non-hydrogen) atoms. The molecule has 4 nitrogen and oxygen atoms in total. The van der Waals surface area contributed by atoms with Crippen molar-refractivity contribution < 1.29 is 4.79 Å². The molecule has 0 radical (unpaired) electrons. The molecule has 3 aromatic rings. The molecule has 0 aliphatic rings. The third-order valence-corrected chi connectivity index (χ3v) is 4.15. The van der Waals surface area contributed by atoms with Gasteiger partial charge in [0.05, 0.1) is 18.3 Å². The number of halogens is 1. The van der Waals surface area contributed by atoms with Gasteiger partial charge in [0, 0.05) is 11.6 Å². The van der Waals surface area contributed by atoms with Crippen LogP contribution in [-0.4, -0.2) is 17.4 Å². The molecule has 1 heterocycles. The Balaban J connectivity index is 1.45. The van der Waals surface area contributed by atoms with E-state index in [1.54, 1.807) is 12.3 Å². The normalized spacial score (nSPS) is 10.3. The number of rotatable bonds is 7. The van der Waals surface area contributed by atoms with Crippen LogP contribution in [0, 0.1) is 0 Å². The van der Waals surface area contributed by atoms with E-state index in [1.807, 2.05) is 60.7 Å². The standard InChI is InChI=1S/C21H20ClN3O/c22-18-8-6-16(7-9-18)12-13-23-19-10-11-20(24-15-19)25-21(26)14-17-4-2-1-3-5-17/h1-11,15,23H,12-14H2,(H,24,25,26). The Morgan fingerprint density at radius 1 is 0.923 bits per heavy atom. The molecule has 132 valence electrons. The number of nitrogens with zero attached hydrogens (tertiary/aromatic N) is 1. The molecule has 5 heteroatoms. The predicted octanol–water partition coefficient (Wildman–Crippen LogP) is 4.57. The van der Waals surface area contributed by atoms with E-state index in [0.717, 1.165) is 29.2 Å². The third-order valence-electron chi connectivity index (χ3n) is 3.89. The Kier molecular flexibility index (Phi) is 6.23. The summed E-state index contributed by atoms with van der Waals surface area (Å²) in [5.74, 6) is 0.473. The zero-order valence-corrected chi connectivity index (χ0v) is 15.0. The minimum atomic E-state index is -0.0767. The monoisotopic (exact) mass is 365 g/mol. The fourth-order valence-corrected chi connectivity index (χ4v) is 2.67. The van der Waals surface area contributed by atoms with Crippen molar-refractivity contribution in [2.45, 2.75) is 12.8 Å². The first kappa shape index (κ1) is 18.0. The molecule has 1 amide bonds. The molecule has 3 rings (SSSR count). The van der Waals surface area contributed by atoms with Crippen LogP contribution in [0.25, 0.3) is 0 Å². The first-order chi connectivity index (χ1) is 12.7. The zero-order chi connectivity index (χ0) is 18.2. The van der Waals surface area contributed by atoms with Gasteiger partial charge in [0.2, 0.25) is 5.91 Å². The molecule has 2 N–H and O–H groups in total. The van der Waals surface area contributed by atoms with Gasteiger partial charge in [-0.05, 0) is 41.8 Å². The molecule has 0 saturated carbocycles. The molecule has 0 unspecified atom stereocenters. The molecule has 0 saturated heterocycles. The van der Waals surface area contributed by atoms with E-state index in [1.165, 1.54) is 5.56 Å². The Labute approximate surface area is 158 Å². The van der Waals surface area contributed by atoms with Crippen LogP contribution in [0.3, 0.4) is 0 Å². The van der Waals surface area contributed by atoms with Crippen molar-refractivity contribution in [3.05, 3.63) is 89.1 Å². The molecule has 2 aromatic carbocycles. The van der Waals surface area contributed by atoms with Crippen LogP contribution >= 0.6 is 11.6 Å².